The minimum absolute atomic E-state index is 0. The zero-order valence-corrected chi connectivity index (χ0v) is 21.0. The number of guanidine groups is 1. The lowest BCUT2D eigenvalue weighted by atomic mass is 10.0. The van der Waals surface area contributed by atoms with E-state index in [1.165, 1.54) is 6.26 Å². The summed E-state index contributed by atoms with van der Waals surface area (Å²) >= 11 is 0. The number of sulfone groups is 1. The number of benzene rings is 1. The van der Waals surface area contributed by atoms with E-state index >= 15 is 0 Å². The van der Waals surface area contributed by atoms with E-state index in [4.69, 9.17) is 4.74 Å². The van der Waals surface area contributed by atoms with E-state index in [1.807, 2.05) is 12.1 Å². The van der Waals surface area contributed by atoms with Gasteiger partial charge in [-0.05, 0) is 30.0 Å². The van der Waals surface area contributed by atoms with E-state index in [0.717, 1.165) is 57.3 Å². The number of aliphatic imine (C=N–C) groups is 1. The highest BCUT2D eigenvalue weighted by Crippen LogP contribution is 2.12. The van der Waals surface area contributed by atoms with Crippen molar-refractivity contribution in [2.45, 2.75) is 31.2 Å². The molecular formula is C20H35IN4O3S. The molecule has 0 spiro atoms. The molecule has 1 atom stereocenters. The van der Waals surface area contributed by atoms with E-state index in [0.29, 0.717) is 16.9 Å². The van der Waals surface area contributed by atoms with Crippen LogP contribution < -0.4 is 10.6 Å². The minimum Gasteiger partial charge on any atom is -0.379 e. The molecule has 1 aromatic carbocycles. The van der Waals surface area contributed by atoms with Gasteiger partial charge in [0.05, 0.1) is 18.1 Å². The van der Waals surface area contributed by atoms with Gasteiger partial charge in [0.25, 0.3) is 0 Å². The Kier molecular flexibility index (Phi) is 11.4. The van der Waals surface area contributed by atoms with Gasteiger partial charge in [0, 0.05) is 45.5 Å². The summed E-state index contributed by atoms with van der Waals surface area (Å²) in [5, 5.41) is 6.78. The predicted octanol–water partition coefficient (Wildman–Crippen LogP) is 1.77. The Balaban J connectivity index is 0.00000420. The van der Waals surface area contributed by atoms with Crippen LogP contribution in [-0.4, -0.2) is 78.0 Å². The molecule has 0 amide bonds. The van der Waals surface area contributed by atoms with Gasteiger partial charge in [-0.15, -0.1) is 24.0 Å². The molecule has 0 saturated carbocycles. The Morgan fingerprint density at radius 3 is 2.31 bits per heavy atom. The molecule has 2 rings (SSSR count). The molecular weight excluding hydrogens is 503 g/mol. The minimum atomic E-state index is -3.15. The lowest BCUT2D eigenvalue weighted by molar-refractivity contribution is 0.00752. The summed E-state index contributed by atoms with van der Waals surface area (Å²) < 4.78 is 28.5. The second-order valence-electron chi connectivity index (χ2n) is 7.51. The SMILES string of the molecule is CN=C(NCCc1ccc(S(C)(=O)=O)cc1)NCC(C(C)C)N1CCOCC1.I. The van der Waals surface area contributed by atoms with E-state index in [-0.39, 0.29) is 24.0 Å². The van der Waals surface area contributed by atoms with Gasteiger partial charge in [-0.3, -0.25) is 9.89 Å². The number of ether oxygens (including phenoxy) is 1. The summed E-state index contributed by atoms with van der Waals surface area (Å²) in [6.45, 7) is 9.60. The van der Waals surface area contributed by atoms with Gasteiger partial charge in [-0.25, -0.2) is 8.42 Å². The largest absolute Gasteiger partial charge is 0.379 e. The van der Waals surface area contributed by atoms with Crippen molar-refractivity contribution >= 4 is 39.8 Å². The fraction of sp³-hybridized carbons (Fsp3) is 0.650. The third kappa shape index (κ3) is 8.77. The number of hydrogen-bond acceptors (Lipinski definition) is 5. The Morgan fingerprint density at radius 2 is 1.79 bits per heavy atom. The van der Waals surface area contributed by atoms with Crippen molar-refractivity contribution in [2.24, 2.45) is 10.9 Å². The Bertz CT molecular complexity index is 733. The van der Waals surface area contributed by atoms with E-state index in [9.17, 15) is 8.42 Å². The Hall–Kier alpha value is -0.910. The predicted molar refractivity (Wildman–Crippen MR) is 129 cm³/mol. The standard InChI is InChI=1S/C20H34N4O3S.HI/c1-16(2)19(24-11-13-27-14-12-24)15-23-20(21-3)22-10-9-17-5-7-18(8-6-17)28(4,25)26;/h5-8,16,19H,9-15H2,1-4H3,(H2,21,22,23);1H. The summed E-state index contributed by atoms with van der Waals surface area (Å²) in [6.07, 6.45) is 2.02. The molecule has 0 bridgehead atoms. The molecule has 1 aromatic rings. The first kappa shape index (κ1) is 26.1. The van der Waals surface area contributed by atoms with E-state index in [1.54, 1.807) is 19.2 Å². The first-order chi connectivity index (χ1) is 13.3. The molecule has 1 unspecified atom stereocenters. The Morgan fingerprint density at radius 1 is 1.17 bits per heavy atom. The van der Waals surface area contributed by atoms with Crippen molar-refractivity contribution in [1.82, 2.24) is 15.5 Å². The number of hydrogen-bond donors (Lipinski definition) is 2. The van der Waals surface area contributed by atoms with Crippen LogP contribution in [0.4, 0.5) is 0 Å². The first-order valence-electron chi connectivity index (χ1n) is 9.86. The van der Waals surface area contributed by atoms with Crippen molar-refractivity contribution in [1.29, 1.82) is 0 Å². The fourth-order valence-corrected chi connectivity index (χ4v) is 3.98. The lowest BCUT2D eigenvalue weighted by Gasteiger charge is -2.37. The van der Waals surface area contributed by atoms with Crippen molar-refractivity contribution < 1.29 is 13.2 Å². The van der Waals surface area contributed by atoms with Crippen LogP contribution in [-0.2, 0) is 21.0 Å². The van der Waals surface area contributed by atoms with Gasteiger partial charge in [-0.1, -0.05) is 26.0 Å². The summed E-state index contributed by atoms with van der Waals surface area (Å²) in [5.41, 5.74) is 1.09. The van der Waals surface area contributed by atoms with Crippen LogP contribution in [0.5, 0.6) is 0 Å². The molecule has 2 N–H and O–H groups in total. The lowest BCUT2D eigenvalue weighted by Crippen LogP contribution is -2.52. The van der Waals surface area contributed by atoms with E-state index < -0.39 is 9.84 Å². The normalized spacial score (nSPS) is 16.9. The van der Waals surface area contributed by atoms with Crippen molar-refractivity contribution in [3.63, 3.8) is 0 Å². The summed E-state index contributed by atoms with van der Waals surface area (Å²) in [4.78, 5) is 7.15. The highest BCUT2D eigenvalue weighted by Gasteiger charge is 2.23. The molecule has 29 heavy (non-hydrogen) atoms. The molecule has 1 aliphatic heterocycles. The van der Waals surface area contributed by atoms with Crippen LogP contribution in [0, 0.1) is 5.92 Å². The topological polar surface area (TPSA) is 83.0 Å². The fourth-order valence-electron chi connectivity index (χ4n) is 3.35. The van der Waals surface area contributed by atoms with E-state index in [2.05, 4.69) is 34.4 Å². The molecule has 1 fully saturated rings. The Labute approximate surface area is 192 Å². The van der Waals surface area contributed by atoms with Gasteiger partial charge in [0.1, 0.15) is 0 Å². The van der Waals surface area contributed by atoms with Crippen LogP contribution in [0.2, 0.25) is 0 Å². The maximum absolute atomic E-state index is 11.5. The average molecular weight is 538 g/mol. The van der Waals surface area contributed by atoms with Crippen molar-refractivity contribution in [2.75, 3.05) is 52.7 Å². The molecule has 1 heterocycles. The van der Waals surface area contributed by atoms with Gasteiger partial charge in [0.2, 0.25) is 0 Å². The summed E-state index contributed by atoms with van der Waals surface area (Å²) in [6, 6.07) is 7.48. The monoisotopic (exact) mass is 538 g/mol. The molecule has 166 valence electrons. The van der Waals surface area contributed by atoms with Crippen LogP contribution in [0.25, 0.3) is 0 Å². The second-order valence-corrected chi connectivity index (χ2v) is 9.52. The number of nitrogens with zero attached hydrogens (tertiary/aromatic N) is 2. The maximum Gasteiger partial charge on any atom is 0.191 e. The molecule has 1 saturated heterocycles. The number of morpholine rings is 1. The van der Waals surface area contributed by atoms with Crippen LogP contribution in [0.1, 0.15) is 19.4 Å². The molecule has 7 nitrogen and oxygen atoms in total. The highest BCUT2D eigenvalue weighted by molar-refractivity contribution is 14.0. The first-order valence-corrected chi connectivity index (χ1v) is 11.8. The summed E-state index contributed by atoms with van der Waals surface area (Å²) in [5.74, 6) is 1.32. The number of halogens is 1. The third-order valence-electron chi connectivity index (χ3n) is 5.04. The molecule has 0 radical (unpaired) electrons. The second kappa shape index (κ2) is 12.7. The number of rotatable bonds is 8. The van der Waals surface area contributed by atoms with Gasteiger partial charge in [0.15, 0.2) is 15.8 Å². The van der Waals surface area contributed by atoms with Crippen molar-refractivity contribution in [3.8, 4) is 0 Å². The summed E-state index contributed by atoms with van der Waals surface area (Å²) in [7, 11) is -1.37. The van der Waals surface area contributed by atoms with Crippen LogP contribution >= 0.6 is 24.0 Å². The van der Waals surface area contributed by atoms with Crippen LogP contribution in [0.15, 0.2) is 34.2 Å². The zero-order chi connectivity index (χ0) is 20.6. The highest BCUT2D eigenvalue weighted by atomic mass is 127. The molecule has 9 heteroatoms. The van der Waals surface area contributed by atoms with Crippen molar-refractivity contribution in [3.05, 3.63) is 29.8 Å². The zero-order valence-electron chi connectivity index (χ0n) is 17.8. The average Bonchev–Trinajstić information content (AvgIpc) is 2.67. The van der Waals surface area contributed by atoms with Gasteiger partial charge in [-0.2, -0.15) is 0 Å². The third-order valence-corrected chi connectivity index (χ3v) is 6.17. The smallest absolute Gasteiger partial charge is 0.191 e. The molecule has 0 aromatic heterocycles. The number of nitrogens with one attached hydrogen (secondary N) is 2. The maximum atomic E-state index is 11.5. The van der Waals surface area contributed by atoms with Gasteiger partial charge >= 0.3 is 0 Å². The molecule has 1 aliphatic rings. The van der Waals surface area contributed by atoms with Gasteiger partial charge < -0.3 is 15.4 Å². The van der Waals surface area contributed by atoms with Crippen LogP contribution in [0.3, 0.4) is 0 Å². The quantitative estimate of drug-likeness (QED) is 0.299. The molecule has 0 aliphatic carbocycles.